The molecule has 24 heavy (non-hydrogen) atoms. The van der Waals surface area contributed by atoms with Crippen molar-refractivity contribution >= 4 is 27.5 Å². The van der Waals surface area contributed by atoms with Crippen LogP contribution in [0, 0.1) is 0 Å². The summed E-state index contributed by atoms with van der Waals surface area (Å²) in [7, 11) is -2.28. The summed E-state index contributed by atoms with van der Waals surface area (Å²) < 4.78 is 25.9. The number of benzene rings is 1. The minimum Gasteiger partial charge on any atom is -0.352 e. The fraction of sp³-hybridized carbons (Fsp3) is 0.562. The highest BCUT2D eigenvalue weighted by molar-refractivity contribution is 7.89. The van der Waals surface area contributed by atoms with Crippen LogP contribution < -0.4 is 10.0 Å². The van der Waals surface area contributed by atoms with Crippen molar-refractivity contribution in [1.82, 2.24) is 14.9 Å². The second-order valence-electron chi connectivity index (χ2n) is 5.86. The first kappa shape index (κ1) is 19.2. The third-order valence-electron chi connectivity index (χ3n) is 4.15. The maximum absolute atomic E-state index is 12.3. The number of hydrogen-bond donors (Lipinski definition) is 2. The lowest BCUT2D eigenvalue weighted by Gasteiger charge is -2.26. The molecule has 0 aromatic heterocycles. The van der Waals surface area contributed by atoms with Crippen molar-refractivity contribution in [3.05, 3.63) is 28.8 Å². The largest absolute Gasteiger partial charge is 0.352 e. The molecule has 0 saturated carbocycles. The summed E-state index contributed by atoms with van der Waals surface area (Å²) in [5.74, 6) is -0.355. The molecule has 1 aliphatic rings. The molecule has 0 atom stereocenters. The van der Waals surface area contributed by atoms with Crippen LogP contribution in [0.4, 0.5) is 0 Å². The van der Waals surface area contributed by atoms with Gasteiger partial charge in [-0.2, -0.15) is 0 Å². The van der Waals surface area contributed by atoms with Gasteiger partial charge in [0.25, 0.3) is 5.91 Å². The molecule has 134 valence electrons. The lowest BCUT2D eigenvalue weighted by atomic mass is 10.1. The van der Waals surface area contributed by atoms with E-state index in [4.69, 9.17) is 11.6 Å². The lowest BCUT2D eigenvalue weighted by molar-refractivity contribution is 0.0951. The Hall–Kier alpha value is -1.15. The fourth-order valence-corrected chi connectivity index (χ4v) is 3.71. The second-order valence-corrected chi connectivity index (χ2v) is 8.15. The number of nitrogens with zero attached hydrogens (tertiary/aromatic N) is 1. The van der Waals surface area contributed by atoms with Crippen LogP contribution in [0.1, 0.15) is 36.0 Å². The minimum atomic E-state index is -3.61. The van der Waals surface area contributed by atoms with Gasteiger partial charge in [-0.25, -0.2) is 13.1 Å². The average Bonchev–Trinajstić information content (AvgIpc) is 2.59. The van der Waals surface area contributed by atoms with E-state index in [1.54, 1.807) is 0 Å². The Morgan fingerprint density at radius 3 is 2.62 bits per heavy atom. The molecule has 1 saturated heterocycles. The highest BCUT2D eigenvalue weighted by atomic mass is 35.5. The van der Waals surface area contributed by atoms with E-state index in [2.05, 4.69) is 14.9 Å². The van der Waals surface area contributed by atoms with Gasteiger partial charge in [-0.3, -0.25) is 4.79 Å². The fourth-order valence-electron chi connectivity index (χ4n) is 2.75. The number of nitrogens with one attached hydrogen (secondary N) is 2. The van der Waals surface area contributed by atoms with Gasteiger partial charge in [-0.1, -0.05) is 18.0 Å². The van der Waals surface area contributed by atoms with Crippen molar-refractivity contribution in [2.24, 2.45) is 0 Å². The molecule has 8 heteroatoms. The SMILES string of the molecule is CNS(=O)(=O)c1ccc(Cl)c(C(=O)NCCCN2CCCCC2)c1. The Bertz CT molecular complexity index is 673. The molecule has 1 aromatic carbocycles. The zero-order valence-electron chi connectivity index (χ0n) is 13.8. The minimum absolute atomic E-state index is 0.0212. The number of likely N-dealkylation sites (tertiary alicyclic amines) is 1. The molecule has 1 fully saturated rings. The topological polar surface area (TPSA) is 78.5 Å². The van der Waals surface area contributed by atoms with E-state index >= 15 is 0 Å². The maximum atomic E-state index is 12.3. The second kappa shape index (κ2) is 8.80. The summed E-state index contributed by atoms with van der Waals surface area (Å²) in [6.45, 7) is 3.75. The summed E-state index contributed by atoms with van der Waals surface area (Å²) in [6, 6.07) is 4.10. The summed E-state index contributed by atoms with van der Waals surface area (Å²) in [5, 5.41) is 3.05. The highest BCUT2D eigenvalue weighted by Gasteiger charge is 2.17. The van der Waals surface area contributed by atoms with Crippen LogP contribution in [-0.2, 0) is 10.0 Å². The van der Waals surface area contributed by atoms with E-state index in [-0.39, 0.29) is 21.4 Å². The van der Waals surface area contributed by atoms with Gasteiger partial charge in [-0.05, 0) is 64.1 Å². The smallest absolute Gasteiger partial charge is 0.252 e. The van der Waals surface area contributed by atoms with Crippen molar-refractivity contribution in [3.63, 3.8) is 0 Å². The van der Waals surface area contributed by atoms with Crippen molar-refractivity contribution in [3.8, 4) is 0 Å². The van der Waals surface area contributed by atoms with Crippen LogP contribution in [0.3, 0.4) is 0 Å². The lowest BCUT2D eigenvalue weighted by Crippen LogP contribution is -2.33. The quantitative estimate of drug-likeness (QED) is 0.715. The molecule has 0 spiro atoms. The number of sulfonamides is 1. The van der Waals surface area contributed by atoms with E-state index < -0.39 is 10.0 Å². The van der Waals surface area contributed by atoms with Crippen LogP contribution in [0.15, 0.2) is 23.1 Å². The molecule has 0 radical (unpaired) electrons. The van der Waals surface area contributed by atoms with Crippen LogP contribution in [0.2, 0.25) is 5.02 Å². The first-order valence-electron chi connectivity index (χ1n) is 8.17. The predicted molar refractivity (Wildman–Crippen MR) is 94.9 cm³/mol. The van der Waals surface area contributed by atoms with Gasteiger partial charge in [0, 0.05) is 6.54 Å². The normalized spacial score (nSPS) is 16.1. The van der Waals surface area contributed by atoms with Gasteiger partial charge in [0.15, 0.2) is 0 Å². The average molecular weight is 374 g/mol. The first-order chi connectivity index (χ1) is 11.4. The van der Waals surface area contributed by atoms with E-state index in [1.807, 2.05) is 0 Å². The first-order valence-corrected chi connectivity index (χ1v) is 10.0. The zero-order chi connectivity index (χ0) is 17.6. The number of halogens is 1. The van der Waals surface area contributed by atoms with Crippen molar-refractivity contribution in [2.45, 2.75) is 30.6 Å². The third kappa shape index (κ3) is 5.17. The Labute approximate surface area is 148 Å². The summed E-state index contributed by atoms with van der Waals surface area (Å²) in [6.07, 6.45) is 4.65. The summed E-state index contributed by atoms with van der Waals surface area (Å²) in [5.41, 5.74) is 0.172. The molecule has 6 nitrogen and oxygen atoms in total. The molecule has 0 unspecified atom stereocenters. The van der Waals surface area contributed by atoms with Crippen LogP contribution in [-0.4, -0.2) is 52.5 Å². The number of amides is 1. The molecular formula is C16H24ClN3O3S. The highest BCUT2D eigenvalue weighted by Crippen LogP contribution is 2.20. The summed E-state index contributed by atoms with van der Waals surface area (Å²) >= 11 is 6.03. The molecule has 1 aromatic rings. The standard InChI is InChI=1S/C16H24ClN3O3S/c1-18-24(22,23)13-6-7-15(17)14(12-13)16(21)19-8-5-11-20-9-3-2-4-10-20/h6-7,12,18H,2-5,8-11H2,1H3,(H,19,21). The van der Waals surface area contributed by atoms with Crippen molar-refractivity contribution in [2.75, 3.05) is 33.2 Å². The van der Waals surface area contributed by atoms with E-state index in [9.17, 15) is 13.2 Å². The number of hydrogen-bond acceptors (Lipinski definition) is 4. The van der Waals surface area contributed by atoms with Crippen molar-refractivity contribution < 1.29 is 13.2 Å². The van der Waals surface area contributed by atoms with Crippen LogP contribution in [0.25, 0.3) is 0 Å². The molecule has 1 heterocycles. The zero-order valence-corrected chi connectivity index (χ0v) is 15.4. The number of piperidine rings is 1. The van der Waals surface area contributed by atoms with Gasteiger partial charge >= 0.3 is 0 Å². The van der Waals surface area contributed by atoms with Crippen LogP contribution >= 0.6 is 11.6 Å². The van der Waals surface area contributed by atoms with Gasteiger partial charge in [0.05, 0.1) is 15.5 Å². The third-order valence-corrected chi connectivity index (χ3v) is 5.89. The molecular weight excluding hydrogens is 350 g/mol. The number of carbonyl (C=O) groups excluding carboxylic acids is 1. The number of rotatable bonds is 7. The molecule has 2 rings (SSSR count). The van der Waals surface area contributed by atoms with Gasteiger partial charge in [0.2, 0.25) is 10.0 Å². The Kier molecular flexibility index (Phi) is 7.03. The Morgan fingerprint density at radius 2 is 1.96 bits per heavy atom. The molecule has 2 N–H and O–H groups in total. The molecule has 0 aliphatic carbocycles. The summed E-state index contributed by atoms with van der Waals surface area (Å²) in [4.78, 5) is 14.7. The predicted octanol–water partition coefficient (Wildman–Crippen LogP) is 1.85. The monoisotopic (exact) mass is 373 g/mol. The van der Waals surface area contributed by atoms with Gasteiger partial charge in [0.1, 0.15) is 0 Å². The Balaban J connectivity index is 1.90. The number of carbonyl (C=O) groups is 1. The van der Waals surface area contributed by atoms with Gasteiger partial charge in [-0.15, -0.1) is 0 Å². The van der Waals surface area contributed by atoms with E-state index in [0.717, 1.165) is 26.1 Å². The molecule has 0 bridgehead atoms. The van der Waals surface area contributed by atoms with E-state index in [1.165, 1.54) is 44.5 Å². The maximum Gasteiger partial charge on any atom is 0.252 e. The van der Waals surface area contributed by atoms with Gasteiger partial charge < -0.3 is 10.2 Å². The Morgan fingerprint density at radius 1 is 1.25 bits per heavy atom. The molecule has 1 aliphatic heterocycles. The van der Waals surface area contributed by atoms with Crippen LogP contribution in [0.5, 0.6) is 0 Å². The van der Waals surface area contributed by atoms with Crippen molar-refractivity contribution in [1.29, 1.82) is 0 Å². The van der Waals surface area contributed by atoms with E-state index in [0.29, 0.717) is 6.54 Å². The molecule has 1 amide bonds.